The Morgan fingerprint density at radius 2 is 1.54 bits per heavy atom. The monoisotopic (exact) mass is 494 g/mol. The fourth-order valence-electron chi connectivity index (χ4n) is 3.23. The molecule has 5 atom stereocenters. The summed E-state index contributed by atoms with van der Waals surface area (Å²) in [6.07, 6.45) is -6.57. The molecule has 0 spiro atoms. The molecule has 2 aromatic rings. The highest BCUT2D eigenvalue weighted by Crippen LogP contribution is 2.36. The van der Waals surface area contributed by atoms with Crippen LogP contribution in [0.1, 0.15) is 15.9 Å². The first-order valence-corrected chi connectivity index (χ1v) is 10.0. The summed E-state index contributed by atoms with van der Waals surface area (Å²) in [5, 5.41) is 77.3. The Morgan fingerprint density at radius 1 is 0.886 bits per heavy atom. The first kappa shape index (κ1) is 25.6. The third-order valence-corrected chi connectivity index (χ3v) is 5.03. The Balaban J connectivity index is 1.81. The van der Waals surface area contributed by atoms with Crippen molar-refractivity contribution in [3.8, 4) is 28.7 Å². The van der Waals surface area contributed by atoms with E-state index in [-0.39, 0.29) is 5.75 Å². The molecule has 0 amide bonds. The summed E-state index contributed by atoms with van der Waals surface area (Å²) < 4.78 is 15.3. The number of ether oxygens (including phenoxy) is 3. The molecule has 1 saturated heterocycles. The molecule has 1 aliphatic heterocycles. The van der Waals surface area contributed by atoms with Crippen molar-refractivity contribution >= 4 is 18.0 Å². The lowest BCUT2D eigenvalue weighted by Gasteiger charge is -2.41. The maximum atomic E-state index is 12.6. The Kier molecular flexibility index (Phi) is 7.66. The van der Waals surface area contributed by atoms with E-state index in [4.69, 9.17) is 14.2 Å². The summed E-state index contributed by atoms with van der Waals surface area (Å²) in [6, 6.07) is 5.26. The van der Waals surface area contributed by atoms with Crippen molar-refractivity contribution in [3.63, 3.8) is 0 Å². The molecule has 1 heterocycles. The molecule has 1 fully saturated rings. The van der Waals surface area contributed by atoms with E-state index in [2.05, 4.69) is 0 Å². The number of benzene rings is 2. The molecule has 0 radical (unpaired) electrons. The molecule has 0 saturated carbocycles. The second-order valence-corrected chi connectivity index (χ2v) is 7.45. The second-order valence-electron chi connectivity index (χ2n) is 7.45. The number of hydrogen-bond acceptors (Lipinski definition) is 13. The number of aliphatic hydroxyl groups excluding tert-OH is 3. The van der Waals surface area contributed by atoms with Gasteiger partial charge in [0.25, 0.3) is 0 Å². The topological polar surface area (TPSA) is 224 Å². The molecule has 0 bridgehead atoms. The van der Waals surface area contributed by atoms with E-state index in [9.17, 15) is 50.4 Å². The summed E-state index contributed by atoms with van der Waals surface area (Å²) in [5.74, 6) is -5.66. The van der Waals surface area contributed by atoms with E-state index in [1.165, 1.54) is 18.2 Å². The van der Waals surface area contributed by atoms with E-state index in [1.807, 2.05) is 0 Å². The number of phenols is 5. The van der Waals surface area contributed by atoms with Gasteiger partial charge in [0.05, 0.1) is 12.2 Å². The van der Waals surface area contributed by atoms with Crippen LogP contribution in [0.4, 0.5) is 0 Å². The number of carbonyl (C=O) groups excluding carboxylic acids is 2. The highest BCUT2D eigenvalue weighted by Gasteiger charge is 2.49. The summed E-state index contributed by atoms with van der Waals surface area (Å²) in [5.41, 5.74) is -0.139. The lowest BCUT2D eigenvalue weighted by Crippen LogP contribution is -2.61. The van der Waals surface area contributed by atoms with Gasteiger partial charge in [-0.1, -0.05) is 6.07 Å². The molecule has 35 heavy (non-hydrogen) atoms. The van der Waals surface area contributed by atoms with Crippen molar-refractivity contribution in [2.45, 2.75) is 30.7 Å². The van der Waals surface area contributed by atoms with Crippen LogP contribution in [-0.4, -0.2) is 90.1 Å². The van der Waals surface area contributed by atoms with Crippen molar-refractivity contribution in [1.29, 1.82) is 0 Å². The fraction of sp³-hybridized carbons (Fsp3) is 0.273. The Morgan fingerprint density at radius 3 is 2.14 bits per heavy atom. The summed E-state index contributed by atoms with van der Waals surface area (Å²) in [4.78, 5) is 24.9. The number of carbonyl (C=O) groups is 2. The van der Waals surface area contributed by atoms with Gasteiger partial charge < -0.3 is 55.1 Å². The highest BCUT2D eigenvalue weighted by molar-refractivity contribution is 5.91. The number of phenolic OH excluding ortho intramolecular Hbond substituents is 5. The minimum Gasteiger partial charge on any atom is -0.504 e. The average Bonchev–Trinajstić information content (AvgIpc) is 2.82. The van der Waals surface area contributed by atoms with E-state index in [0.717, 1.165) is 24.3 Å². The number of aliphatic hydroxyl groups is 3. The van der Waals surface area contributed by atoms with Gasteiger partial charge in [-0.3, -0.25) is 0 Å². The molecule has 188 valence electrons. The zero-order valence-electron chi connectivity index (χ0n) is 17.8. The van der Waals surface area contributed by atoms with Gasteiger partial charge in [-0.25, -0.2) is 9.59 Å². The van der Waals surface area contributed by atoms with Crippen LogP contribution in [0.25, 0.3) is 6.08 Å². The van der Waals surface area contributed by atoms with Crippen LogP contribution in [0.2, 0.25) is 0 Å². The van der Waals surface area contributed by atoms with E-state index in [0.29, 0.717) is 5.56 Å². The Bertz CT molecular complexity index is 1110. The van der Waals surface area contributed by atoms with Gasteiger partial charge in [-0.15, -0.1) is 0 Å². The molecule has 13 heteroatoms. The van der Waals surface area contributed by atoms with Crippen LogP contribution in [0.5, 0.6) is 28.7 Å². The quantitative estimate of drug-likeness (QED) is 0.143. The number of rotatable bonds is 6. The van der Waals surface area contributed by atoms with Gasteiger partial charge in [-0.05, 0) is 35.9 Å². The lowest BCUT2D eigenvalue weighted by molar-refractivity contribution is -0.288. The molecule has 8 N–H and O–H groups in total. The lowest BCUT2D eigenvalue weighted by atomic mass is 9.98. The van der Waals surface area contributed by atoms with Gasteiger partial charge in [0.15, 0.2) is 47.2 Å². The number of hydrogen-bond donors (Lipinski definition) is 8. The Labute approximate surface area is 196 Å². The molecule has 3 rings (SSSR count). The average molecular weight is 494 g/mol. The van der Waals surface area contributed by atoms with Crippen molar-refractivity contribution in [2.24, 2.45) is 0 Å². The fourth-order valence-corrected chi connectivity index (χ4v) is 3.23. The third-order valence-electron chi connectivity index (χ3n) is 5.03. The van der Waals surface area contributed by atoms with Crippen LogP contribution >= 0.6 is 0 Å². The first-order valence-electron chi connectivity index (χ1n) is 10.0. The van der Waals surface area contributed by atoms with Crippen LogP contribution in [0.15, 0.2) is 36.4 Å². The minimum absolute atomic E-state index is 0.299. The smallest absolute Gasteiger partial charge is 0.338 e. The number of esters is 2. The first-order chi connectivity index (χ1) is 16.5. The van der Waals surface area contributed by atoms with Crippen LogP contribution in [0, 0.1) is 0 Å². The van der Waals surface area contributed by atoms with Crippen molar-refractivity contribution in [3.05, 3.63) is 47.5 Å². The second kappa shape index (κ2) is 10.5. The van der Waals surface area contributed by atoms with Gasteiger partial charge in [0.1, 0.15) is 12.2 Å². The molecule has 0 aromatic heterocycles. The standard InChI is InChI=1S/C22H22O13/c23-8-15-19(35-21(31)10-6-13(26)17(29)14(27)7-10)20(18(30)22(32)33-15)34-16(28)4-2-9-1-3-11(24)12(25)5-9/h1-7,15,18-20,22-27,29-30,32H,8H2/t15-,18-,19-,20-,22-/m1/s1. The number of aromatic hydroxyl groups is 5. The molecular formula is C22H22O13. The maximum absolute atomic E-state index is 12.6. The maximum Gasteiger partial charge on any atom is 0.338 e. The van der Waals surface area contributed by atoms with E-state index in [1.54, 1.807) is 0 Å². The molecule has 13 nitrogen and oxygen atoms in total. The zero-order valence-corrected chi connectivity index (χ0v) is 17.8. The summed E-state index contributed by atoms with van der Waals surface area (Å²) >= 11 is 0. The van der Waals surface area contributed by atoms with Crippen molar-refractivity contribution in [1.82, 2.24) is 0 Å². The van der Waals surface area contributed by atoms with Crippen molar-refractivity contribution < 1.29 is 64.7 Å². The highest BCUT2D eigenvalue weighted by atomic mass is 16.7. The van der Waals surface area contributed by atoms with E-state index >= 15 is 0 Å². The largest absolute Gasteiger partial charge is 0.504 e. The van der Waals surface area contributed by atoms with Gasteiger partial charge in [0.2, 0.25) is 0 Å². The molecular weight excluding hydrogens is 472 g/mol. The molecule has 2 aromatic carbocycles. The summed E-state index contributed by atoms with van der Waals surface area (Å²) in [7, 11) is 0. The van der Waals surface area contributed by atoms with E-state index < -0.39 is 77.8 Å². The van der Waals surface area contributed by atoms with Crippen LogP contribution in [-0.2, 0) is 19.0 Å². The van der Waals surface area contributed by atoms with Crippen molar-refractivity contribution in [2.75, 3.05) is 6.61 Å². The molecule has 0 unspecified atom stereocenters. The minimum atomic E-state index is -1.92. The van der Waals surface area contributed by atoms with Gasteiger partial charge >= 0.3 is 11.9 Å². The van der Waals surface area contributed by atoms with Gasteiger partial charge in [0, 0.05) is 6.08 Å². The predicted octanol–water partition coefficient (Wildman–Crippen LogP) is -0.564. The Hall–Kier alpha value is -4.04. The van der Waals surface area contributed by atoms with Gasteiger partial charge in [-0.2, -0.15) is 0 Å². The SMILES string of the molecule is O=C(C=Cc1ccc(O)c(O)c1)O[C@@H]1[C@@H](O)[C@H](O)O[C@H](CO)[C@H]1OC(=O)c1cc(O)c(O)c(O)c1. The molecule has 0 aliphatic carbocycles. The predicted molar refractivity (Wildman–Crippen MR) is 113 cm³/mol. The third kappa shape index (κ3) is 5.73. The molecule has 1 aliphatic rings. The van der Waals surface area contributed by atoms with Crippen LogP contribution in [0.3, 0.4) is 0 Å². The summed E-state index contributed by atoms with van der Waals surface area (Å²) in [6.45, 7) is -0.829. The normalized spacial score (nSPS) is 24.3. The zero-order chi connectivity index (χ0) is 25.9. The van der Waals surface area contributed by atoms with Crippen LogP contribution < -0.4 is 0 Å².